The molecule has 2 saturated heterocycles. The highest BCUT2D eigenvalue weighted by atomic mass is 15.1. The smallest absolute Gasteiger partial charge is 0.123 e. The number of nitrogens with one attached hydrogen (secondary N) is 4. The first-order valence-electron chi connectivity index (χ1n) is 12.8. The molecule has 180 valence electrons. The fraction of sp³-hybridized carbons (Fsp3) is 0.379. The molecule has 0 spiro atoms. The minimum atomic E-state index is 0.315. The fourth-order valence-corrected chi connectivity index (χ4v) is 5.44. The number of imidazole rings is 2. The van der Waals surface area contributed by atoms with E-state index in [1.807, 2.05) is 12.4 Å². The lowest BCUT2D eigenvalue weighted by Gasteiger charge is -2.09. The Morgan fingerprint density at radius 1 is 0.657 bits per heavy atom. The molecule has 5 atom stereocenters. The zero-order valence-electron chi connectivity index (χ0n) is 20.7. The van der Waals surface area contributed by atoms with Crippen molar-refractivity contribution in [3.63, 3.8) is 0 Å². The molecule has 0 amide bonds. The predicted octanol–water partition coefficient (Wildman–Crippen LogP) is 5.86. The SMILES string of the molecule is C[C@H]1CN[C@H](c2ncc(-c3ccc(-c4ccc(-c5cnc([C@@H]6C[C@@H](C)[C@@H](C)N6)[nH]5)cc4)cc3)[nH]2)C1. The van der Waals surface area contributed by atoms with E-state index in [0.29, 0.717) is 30.0 Å². The lowest BCUT2D eigenvalue weighted by atomic mass is 10.0. The third-order valence-corrected chi connectivity index (χ3v) is 7.85. The molecule has 0 unspecified atom stereocenters. The second-order valence-corrected chi connectivity index (χ2v) is 10.5. The van der Waals surface area contributed by atoms with E-state index in [0.717, 1.165) is 53.5 Å². The summed E-state index contributed by atoms with van der Waals surface area (Å²) in [5.41, 5.74) is 6.85. The molecule has 4 N–H and O–H groups in total. The molecule has 2 aromatic heterocycles. The molecular weight excluding hydrogens is 432 g/mol. The molecule has 0 bridgehead atoms. The summed E-state index contributed by atoms with van der Waals surface area (Å²) in [6.45, 7) is 7.89. The third-order valence-electron chi connectivity index (χ3n) is 7.85. The van der Waals surface area contributed by atoms with Crippen molar-refractivity contribution in [2.45, 2.75) is 51.7 Å². The molecule has 6 heteroatoms. The van der Waals surface area contributed by atoms with Crippen LogP contribution in [0.2, 0.25) is 0 Å². The van der Waals surface area contributed by atoms with Crippen LogP contribution < -0.4 is 10.6 Å². The van der Waals surface area contributed by atoms with Crippen molar-refractivity contribution in [2.75, 3.05) is 6.54 Å². The van der Waals surface area contributed by atoms with E-state index in [-0.39, 0.29) is 0 Å². The summed E-state index contributed by atoms with van der Waals surface area (Å²) in [4.78, 5) is 16.3. The van der Waals surface area contributed by atoms with Gasteiger partial charge < -0.3 is 20.6 Å². The first-order valence-corrected chi connectivity index (χ1v) is 12.8. The molecule has 0 radical (unpaired) electrons. The van der Waals surface area contributed by atoms with Crippen LogP contribution >= 0.6 is 0 Å². The van der Waals surface area contributed by atoms with E-state index in [1.165, 1.54) is 11.1 Å². The van der Waals surface area contributed by atoms with Gasteiger partial charge in [-0.2, -0.15) is 0 Å². The Kier molecular flexibility index (Phi) is 5.78. The molecule has 6 nitrogen and oxygen atoms in total. The summed E-state index contributed by atoms with van der Waals surface area (Å²) in [6.07, 6.45) is 6.16. The molecule has 4 heterocycles. The molecule has 0 aliphatic carbocycles. The predicted molar refractivity (Wildman–Crippen MR) is 141 cm³/mol. The van der Waals surface area contributed by atoms with E-state index < -0.39 is 0 Å². The lowest BCUT2D eigenvalue weighted by molar-refractivity contribution is 0.516. The highest BCUT2D eigenvalue weighted by Crippen LogP contribution is 2.32. The first kappa shape index (κ1) is 22.3. The second-order valence-electron chi connectivity index (χ2n) is 10.5. The van der Waals surface area contributed by atoms with Crippen LogP contribution in [0.25, 0.3) is 33.6 Å². The van der Waals surface area contributed by atoms with Crippen molar-refractivity contribution in [2.24, 2.45) is 11.8 Å². The maximum Gasteiger partial charge on any atom is 0.123 e. The van der Waals surface area contributed by atoms with Gasteiger partial charge in [0.25, 0.3) is 0 Å². The average molecular weight is 467 g/mol. The van der Waals surface area contributed by atoms with Crippen LogP contribution in [-0.2, 0) is 0 Å². The minimum absolute atomic E-state index is 0.315. The van der Waals surface area contributed by atoms with Gasteiger partial charge in [0.1, 0.15) is 11.6 Å². The van der Waals surface area contributed by atoms with Crippen molar-refractivity contribution in [3.8, 4) is 33.6 Å². The molecular formula is C29H34N6. The Hall–Kier alpha value is -3.22. The Morgan fingerprint density at radius 3 is 1.63 bits per heavy atom. The second kappa shape index (κ2) is 9.10. The highest BCUT2D eigenvalue weighted by Gasteiger charge is 2.30. The number of H-pyrrole nitrogens is 2. The third kappa shape index (κ3) is 4.44. The zero-order valence-corrected chi connectivity index (χ0v) is 20.7. The van der Waals surface area contributed by atoms with Crippen LogP contribution in [0.1, 0.15) is 57.3 Å². The summed E-state index contributed by atoms with van der Waals surface area (Å²) < 4.78 is 0. The molecule has 2 aliphatic heterocycles. The topological polar surface area (TPSA) is 81.4 Å². The van der Waals surface area contributed by atoms with Gasteiger partial charge in [0.05, 0.1) is 35.9 Å². The molecule has 2 fully saturated rings. The summed E-state index contributed by atoms with van der Waals surface area (Å²) in [7, 11) is 0. The van der Waals surface area contributed by atoms with Gasteiger partial charge in [-0.15, -0.1) is 0 Å². The molecule has 35 heavy (non-hydrogen) atoms. The number of nitrogens with zero attached hydrogens (tertiary/aromatic N) is 2. The maximum absolute atomic E-state index is 4.66. The van der Waals surface area contributed by atoms with Crippen molar-refractivity contribution in [1.82, 2.24) is 30.6 Å². The van der Waals surface area contributed by atoms with Gasteiger partial charge >= 0.3 is 0 Å². The van der Waals surface area contributed by atoms with E-state index in [2.05, 4.69) is 99.9 Å². The summed E-state index contributed by atoms with van der Waals surface area (Å²) in [5.74, 6) is 3.45. The number of hydrogen-bond acceptors (Lipinski definition) is 4. The van der Waals surface area contributed by atoms with Crippen molar-refractivity contribution in [1.29, 1.82) is 0 Å². The summed E-state index contributed by atoms with van der Waals surface area (Å²) in [5, 5.41) is 7.20. The molecule has 2 aliphatic rings. The van der Waals surface area contributed by atoms with E-state index in [9.17, 15) is 0 Å². The van der Waals surface area contributed by atoms with Crippen molar-refractivity contribution < 1.29 is 0 Å². The van der Waals surface area contributed by atoms with Crippen LogP contribution in [-0.4, -0.2) is 32.5 Å². The zero-order chi connectivity index (χ0) is 23.9. The Balaban J connectivity index is 1.14. The first-order chi connectivity index (χ1) is 17.0. The maximum atomic E-state index is 4.66. The van der Waals surface area contributed by atoms with E-state index >= 15 is 0 Å². The van der Waals surface area contributed by atoms with Gasteiger partial charge in [0.2, 0.25) is 0 Å². The number of hydrogen-bond donors (Lipinski definition) is 4. The van der Waals surface area contributed by atoms with Crippen molar-refractivity contribution in [3.05, 3.63) is 72.6 Å². The number of aromatic amines is 2. The standard InChI is InChI=1S/C29H34N6/c1-17-12-24(30-14-17)28-31-15-26(34-28)22-8-4-20(5-9-22)21-6-10-23(11-7-21)27-16-32-29(35-27)25-13-18(2)19(3)33-25/h4-11,15-19,24-25,30,33H,12-14H2,1-3H3,(H,31,34)(H,32,35)/t17-,18-,19-,24+,25+/m1/s1. The Labute approximate surface area is 207 Å². The largest absolute Gasteiger partial charge is 0.341 e. The van der Waals surface area contributed by atoms with Crippen LogP contribution in [0.15, 0.2) is 60.9 Å². The molecule has 6 rings (SSSR count). The highest BCUT2D eigenvalue weighted by molar-refractivity contribution is 5.71. The van der Waals surface area contributed by atoms with Gasteiger partial charge in [0, 0.05) is 6.04 Å². The monoisotopic (exact) mass is 466 g/mol. The quantitative estimate of drug-likeness (QED) is 0.297. The lowest BCUT2D eigenvalue weighted by Crippen LogP contribution is -2.24. The summed E-state index contributed by atoms with van der Waals surface area (Å²) in [6, 6.07) is 18.6. The van der Waals surface area contributed by atoms with Crippen molar-refractivity contribution >= 4 is 0 Å². The van der Waals surface area contributed by atoms with Gasteiger partial charge in [-0.1, -0.05) is 62.4 Å². The number of benzene rings is 2. The normalized spacial score (nSPS) is 26.4. The molecule has 0 saturated carbocycles. The van der Waals surface area contributed by atoms with Crippen LogP contribution in [0.3, 0.4) is 0 Å². The average Bonchev–Trinajstić information content (AvgIpc) is 3.67. The minimum Gasteiger partial charge on any atom is -0.341 e. The van der Waals surface area contributed by atoms with E-state index in [1.54, 1.807) is 0 Å². The van der Waals surface area contributed by atoms with Crippen LogP contribution in [0, 0.1) is 11.8 Å². The fourth-order valence-electron chi connectivity index (χ4n) is 5.44. The molecule has 4 aromatic rings. The van der Waals surface area contributed by atoms with Gasteiger partial charge in [-0.3, -0.25) is 0 Å². The van der Waals surface area contributed by atoms with Gasteiger partial charge in [0.15, 0.2) is 0 Å². The number of rotatable bonds is 5. The van der Waals surface area contributed by atoms with E-state index in [4.69, 9.17) is 0 Å². The number of aromatic nitrogens is 4. The van der Waals surface area contributed by atoms with Gasteiger partial charge in [-0.25, -0.2) is 9.97 Å². The van der Waals surface area contributed by atoms with Crippen LogP contribution in [0.4, 0.5) is 0 Å². The Bertz CT molecular complexity index is 1280. The molecule has 2 aromatic carbocycles. The summed E-state index contributed by atoms with van der Waals surface area (Å²) >= 11 is 0. The Morgan fingerprint density at radius 2 is 1.17 bits per heavy atom. The van der Waals surface area contributed by atoms with Gasteiger partial charge in [-0.05, 0) is 60.4 Å². The van der Waals surface area contributed by atoms with Crippen LogP contribution in [0.5, 0.6) is 0 Å².